The van der Waals surface area contributed by atoms with Gasteiger partial charge in [0.1, 0.15) is 0 Å². The van der Waals surface area contributed by atoms with Crippen molar-refractivity contribution in [1.82, 2.24) is 0 Å². The number of benzene rings is 1. The first kappa shape index (κ1) is 20.1. The molecule has 24 heavy (non-hydrogen) atoms. The highest BCUT2D eigenvalue weighted by molar-refractivity contribution is 6.02. The van der Waals surface area contributed by atoms with E-state index in [1.165, 1.54) is 0 Å². The van der Waals surface area contributed by atoms with E-state index in [2.05, 4.69) is 0 Å². The highest BCUT2D eigenvalue weighted by Gasteiger charge is 2.83. The number of carbonyl (C=O) groups is 1. The number of carbonyl (C=O) groups excluding carboxylic acids is 1. The van der Waals surface area contributed by atoms with E-state index in [1.807, 2.05) is 0 Å². The Labute approximate surface area is 123 Å². The van der Waals surface area contributed by atoms with Gasteiger partial charge in [0.15, 0.2) is 17.5 Å². The molecule has 1 aromatic carbocycles. The third-order valence-corrected chi connectivity index (χ3v) is 2.68. The van der Waals surface area contributed by atoms with Gasteiger partial charge in [0.25, 0.3) is 0 Å². The summed E-state index contributed by atoms with van der Waals surface area (Å²) in [6.07, 6.45) is -7.17. The van der Waals surface area contributed by atoms with Crippen molar-refractivity contribution in [2.45, 2.75) is 23.9 Å². The molecule has 0 fully saturated rings. The summed E-state index contributed by atoms with van der Waals surface area (Å²) in [5.74, 6) is -31.8. The van der Waals surface area contributed by atoms with Gasteiger partial charge < -0.3 is 0 Å². The lowest BCUT2D eigenvalue weighted by atomic mass is 9.95. The van der Waals surface area contributed by atoms with E-state index >= 15 is 0 Å². The Hall–Kier alpha value is -1.95. The summed E-state index contributed by atoms with van der Waals surface area (Å²) < 4.78 is 151. The number of hydrogen-bond acceptors (Lipinski definition) is 1. The van der Waals surface area contributed by atoms with Crippen molar-refractivity contribution >= 4 is 5.78 Å². The van der Waals surface area contributed by atoms with Gasteiger partial charge in [-0.3, -0.25) is 4.79 Å². The lowest BCUT2D eigenvalue weighted by Gasteiger charge is -2.32. The Balaban J connectivity index is 3.45. The maximum absolute atomic E-state index is 13.3. The third-order valence-electron chi connectivity index (χ3n) is 2.68. The zero-order valence-electron chi connectivity index (χ0n) is 10.6. The molecule has 0 atom stereocenters. The number of halogens is 12. The molecular weight excluding hydrogens is 376 g/mol. The summed E-state index contributed by atoms with van der Waals surface area (Å²) >= 11 is 0. The molecule has 0 bridgehead atoms. The molecule has 1 aromatic rings. The molecule has 0 saturated carbocycles. The van der Waals surface area contributed by atoms with Crippen molar-refractivity contribution in [2.75, 3.05) is 0 Å². The van der Waals surface area contributed by atoms with E-state index in [9.17, 15) is 57.5 Å². The summed E-state index contributed by atoms with van der Waals surface area (Å²) in [6, 6.07) is -1.12. The first-order valence-electron chi connectivity index (χ1n) is 5.38. The molecular formula is C11H2F12O. The summed E-state index contributed by atoms with van der Waals surface area (Å²) in [4.78, 5) is 11.1. The minimum atomic E-state index is -7.35. The number of rotatable bonds is 4. The number of alkyl halides is 9. The minimum absolute atomic E-state index is 0.559. The summed E-state index contributed by atoms with van der Waals surface area (Å²) in [7, 11) is 0. The van der Waals surface area contributed by atoms with Gasteiger partial charge >= 0.3 is 23.9 Å². The van der Waals surface area contributed by atoms with Gasteiger partial charge in [0, 0.05) is 5.56 Å². The topological polar surface area (TPSA) is 17.1 Å². The van der Waals surface area contributed by atoms with Crippen molar-refractivity contribution in [1.29, 1.82) is 0 Å². The molecule has 0 aromatic heterocycles. The zero-order valence-corrected chi connectivity index (χ0v) is 10.6. The predicted molar refractivity (Wildman–Crippen MR) is 51.5 cm³/mol. The minimum Gasteiger partial charge on any atom is -0.287 e. The van der Waals surface area contributed by atoms with Gasteiger partial charge in [-0.25, -0.2) is 13.2 Å². The molecule has 0 amide bonds. The molecule has 0 spiro atoms. The molecule has 0 N–H and O–H groups in total. The lowest BCUT2D eigenvalue weighted by Crippen LogP contribution is -2.63. The van der Waals surface area contributed by atoms with Gasteiger partial charge in [-0.1, -0.05) is 0 Å². The van der Waals surface area contributed by atoms with E-state index in [0.29, 0.717) is 0 Å². The molecule has 0 unspecified atom stereocenters. The van der Waals surface area contributed by atoms with E-state index < -0.39 is 64.9 Å². The van der Waals surface area contributed by atoms with Gasteiger partial charge in [-0.2, -0.15) is 39.5 Å². The molecule has 1 nitrogen and oxygen atoms in total. The van der Waals surface area contributed by atoms with Crippen LogP contribution in [0, 0.1) is 17.5 Å². The van der Waals surface area contributed by atoms with Gasteiger partial charge in [0.2, 0.25) is 5.78 Å². The predicted octanol–water partition coefficient (Wildman–Crippen LogP) is 4.75. The first-order chi connectivity index (χ1) is 10.5. The van der Waals surface area contributed by atoms with Crippen LogP contribution >= 0.6 is 0 Å². The van der Waals surface area contributed by atoms with E-state index in [0.717, 1.165) is 0 Å². The molecule has 0 aliphatic carbocycles. The van der Waals surface area contributed by atoms with Gasteiger partial charge in [0.05, 0.1) is 0 Å². The molecule has 0 aliphatic rings. The van der Waals surface area contributed by atoms with Crippen LogP contribution in [-0.4, -0.2) is 29.7 Å². The van der Waals surface area contributed by atoms with Crippen LogP contribution in [0.1, 0.15) is 10.4 Å². The Morgan fingerprint density at radius 3 is 1.42 bits per heavy atom. The maximum Gasteiger partial charge on any atom is 0.460 e. The van der Waals surface area contributed by atoms with Crippen molar-refractivity contribution in [2.24, 2.45) is 0 Å². The monoisotopic (exact) mass is 378 g/mol. The first-order valence-corrected chi connectivity index (χ1v) is 5.38. The van der Waals surface area contributed by atoms with E-state index in [-0.39, 0.29) is 0 Å². The van der Waals surface area contributed by atoms with Crippen molar-refractivity contribution in [3.8, 4) is 0 Å². The fraction of sp³-hybridized carbons (Fsp3) is 0.364. The molecule has 1 rings (SSSR count). The van der Waals surface area contributed by atoms with Crippen LogP contribution < -0.4 is 0 Å². The van der Waals surface area contributed by atoms with Crippen LogP contribution in [0.3, 0.4) is 0 Å². The Morgan fingerprint density at radius 2 is 1.08 bits per heavy atom. The second-order valence-electron chi connectivity index (χ2n) is 4.30. The SMILES string of the molecule is O=C(c1cc(F)c(F)c(F)c1)C(F)(F)C(F)(F)C(F)(F)C(F)(F)F. The smallest absolute Gasteiger partial charge is 0.287 e. The molecule has 136 valence electrons. The van der Waals surface area contributed by atoms with E-state index in [4.69, 9.17) is 0 Å². The van der Waals surface area contributed by atoms with Crippen molar-refractivity contribution in [3.63, 3.8) is 0 Å². The van der Waals surface area contributed by atoms with Crippen LogP contribution in [-0.2, 0) is 0 Å². The molecule has 0 saturated heterocycles. The number of ketones is 1. The summed E-state index contributed by atoms with van der Waals surface area (Å²) in [5, 5.41) is 0. The average molecular weight is 378 g/mol. The molecule has 0 heterocycles. The normalized spacial score (nSPS) is 14.0. The summed E-state index contributed by atoms with van der Waals surface area (Å²) in [5.41, 5.74) is -2.07. The zero-order chi connectivity index (χ0) is 19.3. The maximum atomic E-state index is 13.3. The number of hydrogen-bond donors (Lipinski definition) is 0. The number of Topliss-reactive ketones (excluding diaryl/α,β-unsaturated/α-hetero) is 1. The van der Waals surface area contributed by atoms with Gasteiger partial charge in [-0.05, 0) is 12.1 Å². The van der Waals surface area contributed by atoms with Crippen LogP contribution in [0.15, 0.2) is 12.1 Å². The second-order valence-corrected chi connectivity index (χ2v) is 4.30. The van der Waals surface area contributed by atoms with Crippen LogP contribution in [0.2, 0.25) is 0 Å². The average Bonchev–Trinajstić information content (AvgIpc) is 2.41. The fourth-order valence-electron chi connectivity index (χ4n) is 1.39. The van der Waals surface area contributed by atoms with Crippen LogP contribution in [0.25, 0.3) is 0 Å². The van der Waals surface area contributed by atoms with E-state index in [1.54, 1.807) is 0 Å². The van der Waals surface area contributed by atoms with Crippen LogP contribution in [0.5, 0.6) is 0 Å². The quantitative estimate of drug-likeness (QED) is 0.420. The largest absolute Gasteiger partial charge is 0.460 e. The van der Waals surface area contributed by atoms with Crippen molar-refractivity contribution in [3.05, 3.63) is 35.1 Å². The third kappa shape index (κ3) is 2.79. The molecule has 0 aliphatic heterocycles. The highest BCUT2D eigenvalue weighted by Crippen LogP contribution is 2.53. The van der Waals surface area contributed by atoms with Crippen LogP contribution in [0.4, 0.5) is 52.7 Å². The highest BCUT2D eigenvalue weighted by atomic mass is 19.4. The molecule has 0 radical (unpaired) electrons. The fourth-order valence-corrected chi connectivity index (χ4v) is 1.39. The van der Waals surface area contributed by atoms with Crippen molar-refractivity contribution < 1.29 is 57.5 Å². The standard InChI is InChI=1S/C11H2F12O/c12-4-1-3(2-5(13)6(4)14)7(24)8(15,16)9(17,18)10(19,20)11(21,22)23/h1-2H. The second kappa shape index (κ2) is 5.55. The Bertz CT molecular complexity index is 636. The Morgan fingerprint density at radius 1 is 0.708 bits per heavy atom. The Kier molecular flexibility index (Phi) is 4.65. The van der Waals surface area contributed by atoms with Gasteiger partial charge in [-0.15, -0.1) is 0 Å². The lowest BCUT2D eigenvalue weighted by molar-refractivity contribution is -0.386. The molecule has 13 heteroatoms. The summed E-state index contributed by atoms with van der Waals surface area (Å²) in [6.45, 7) is 0.